The smallest absolute Gasteiger partial charge is 0.327 e. The van der Waals surface area contributed by atoms with Crippen molar-refractivity contribution < 1.29 is 13.9 Å². The maximum Gasteiger partial charge on any atom is 0.327 e. The normalized spacial score (nSPS) is 10.4. The van der Waals surface area contributed by atoms with Crippen LogP contribution in [0.1, 0.15) is 18.3 Å². The van der Waals surface area contributed by atoms with E-state index in [4.69, 9.17) is 0 Å². The number of carbonyl (C=O) groups is 1. The fourth-order valence-electron chi connectivity index (χ4n) is 1.64. The van der Waals surface area contributed by atoms with Crippen LogP contribution in [0, 0.1) is 5.82 Å². The molecule has 0 fully saturated rings. The van der Waals surface area contributed by atoms with Crippen molar-refractivity contribution in [1.29, 1.82) is 0 Å². The molecule has 112 valence electrons. The van der Waals surface area contributed by atoms with Crippen LogP contribution in [0.2, 0.25) is 0 Å². The van der Waals surface area contributed by atoms with Gasteiger partial charge >= 0.3 is 5.97 Å². The number of rotatable bonds is 6. The molecule has 2 rings (SSSR count). The maximum atomic E-state index is 13.9. The number of anilines is 1. The summed E-state index contributed by atoms with van der Waals surface area (Å²) in [6.07, 6.45) is 3.36. The molecule has 0 bridgehead atoms. The molecule has 0 spiro atoms. The molecule has 0 amide bonds. The van der Waals surface area contributed by atoms with Gasteiger partial charge in [0.1, 0.15) is 18.6 Å². The van der Waals surface area contributed by atoms with Gasteiger partial charge in [-0.25, -0.2) is 19.0 Å². The summed E-state index contributed by atoms with van der Waals surface area (Å²) in [6, 6.07) is 0. The van der Waals surface area contributed by atoms with Crippen LogP contribution < -0.4 is 5.32 Å². The van der Waals surface area contributed by atoms with Gasteiger partial charge in [0.25, 0.3) is 0 Å². The Morgan fingerprint density at radius 1 is 1.48 bits per heavy atom. The van der Waals surface area contributed by atoms with E-state index in [1.807, 2.05) is 6.92 Å². The lowest BCUT2D eigenvalue weighted by molar-refractivity contribution is -0.141. The van der Waals surface area contributed by atoms with Crippen LogP contribution in [0.25, 0.3) is 0 Å². The van der Waals surface area contributed by atoms with E-state index in [2.05, 4.69) is 30.3 Å². The van der Waals surface area contributed by atoms with Gasteiger partial charge < -0.3 is 10.1 Å². The first-order chi connectivity index (χ1) is 10.1. The van der Waals surface area contributed by atoms with Gasteiger partial charge in [-0.15, -0.1) is 5.10 Å². The Morgan fingerprint density at radius 2 is 2.29 bits per heavy atom. The summed E-state index contributed by atoms with van der Waals surface area (Å²) >= 11 is 0. The number of hydrogen-bond acceptors (Lipinski definition) is 7. The first-order valence-electron chi connectivity index (χ1n) is 6.33. The van der Waals surface area contributed by atoms with Gasteiger partial charge in [-0.05, 0) is 6.42 Å². The Labute approximate surface area is 120 Å². The highest BCUT2D eigenvalue weighted by Gasteiger charge is 2.10. The molecule has 0 radical (unpaired) electrons. The highest BCUT2D eigenvalue weighted by atomic mass is 19.1. The standard InChI is InChI=1S/C12H15FN6O2/c1-3-9-11(13)12(16-7-15-9)14-4-8-5-19(18-17-8)6-10(20)21-2/h5,7H,3-4,6H2,1-2H3,(H,14,15,16). The molecule has 0 aliphatic heterocycles. The molecule has 0 atom stereocenters. The largest absolute Gasteiger partial charge is 0.468 e. The van der Waals surface area contributed by atoms with E-state index in [1.54, 1.807) is 6.20 Å². The zero-order valence-corrected chi connectivity index (χ0v) is 11.7. The van der Waals surface area contributed by atoms with Crippen molar-refractivity contribution >= 4 is 11.8 Å². The third-order valence-electron chi connectivity index (χ3n) is 2.74. The van der Waals surface area contributed by atoms with Gasteiger partial charge in [-0.1, -0.05) is 12.1 Å². The summed E-state index contributed by atoms with van der Waals surface area (Å²) in [5.74, 6) is -0.778. The van der Waals surface area contributed by atoms with Crippen molar-refractivity contribution in [2.45, 2.75) is 26.4 Å². The number of ether oxygens (including phenoxy) is 1. The van der Waals surface area contributed by atoms with E-state index >= 15 is 0 Å². The van der Waals surface area contributed by atoms with Gasteiger partial charge in [0.2, 0.25) is 0 Å². The van der Waals surface area contributed by atoms with Crippen LogP contribution in [-0.4, -0.2) is 38.0 Å². The fourth-order valence-corrected chi connectivity index (χ4v) is 1.64. The highest BCUT2D eigenvalue weighted by molar-refractivity contribution is 5.68. The summed E-state index contributed by atoms with van der Waals surface area (Å²) in [5.41, 5.74) is 0.900. The molecule has 0 saturated carbocycles. The zero-order valence-electron chi connectivity index (χ0n) is 11.7. The molecule has 2 aromatic heterocycles. The van der Waals surface area contributed by atoms with Crippen LogP contribution >= 0.6 is 0 Å². The summed E-state index contributed by atoms with van der Waals surface area (Å²) in [4.78, 5) is 18.8. The van der Waals surface area contributed by atoms with Gasteiger partial charge in [-0.3, -0.25) is 4.79 Å². The molecule has 8 nitrogen and oxygen atoms in total. The first-order valence-corrected chi connectivity index (χ1v) is 6.33. The van der Waals surface area contributed by atoms with Crippen LogP contribution in [-0.2, 0) is 29.0 Å². The van der Waals surface area contributed by atoms with Crippen LogP contribution in [0.15, 0.2) is 12.5 Å². The number of hydrogen-bond donors (Lipinski definition) is 1. The Hall–Kier alpha value is -2.58. The minimum absolute atomic E-state index is 0.0225. The molecule has 0 aliphatic rings. The van der Waals surface area contributed by atoms with E-state index in [0.717, 1.165) is 0 Å². The Morgan fingerprint density at radius 3 is 3.00 bits per heavy atom. The van der Waals surface area contributed by atoms with Crippen molar-refractivity contribution in [2.75, 3.05) is 12.4 Å². The lowest BCUT2D eigenvalue weighted by Crippen LogP contribution is -2.11. The monoisotopic (exact) mass is 294 g/mol. The summed E-state index contributed by atoms with van der Waals surface area (Å²) in [6.45, 7) is 2.03. The third-order valence-corrected chi connectivity index (χ3v) is 2.74. The minimum atomic E-state index is -0.470. The van der Waals surface area contributed by atoms with Gasteiger partial charge in [-0.2, -0.15) is 0 Å². The van der Waals surface area contributed by atoms with E-state index < -0.39 is 11.8 Å². The number of halogens is 1. The molecular formula is C12H15FN6O2. The molecule has 2 heterocycles. The van der Waals surface area contributed by atoms with E-state index in [9.17, 15) is 9.18 Å². The molecule has 1 N–H and O–H groups in total. The van der Waals surface area contributed by atoms with Crippen molar-refractivity contribution in [3.05, 3.63) is 29.7 Å². The first kappa shape index (κ1) is 14.8. The topological polar surface area (TPSA) is 94.8 Å². The molecule has 0 aliphatic carbocycles. The summed E-state index contributed by atoms with van der Waals surface area (Å²) in [5, 5.41) is 10.5. The lowest BCUT2D eigenvalue weighted by Gasteiger charge is -2.06. The molecule has 21 heavy (non-hydrogen) atoms. The number of carbonyl (C=O) groups excluding carboxylic acids is 1. The van der Waals surface area contributed by atoms with Crippen molar-refractivity contribution in [3.8, 4) is 0 Å². The van der Waals surface area contributed by atoms with E-state index in [0.29, 0.717) is 17.8 Å². The predicted octanol–water partition coefficient (Wildman–Crippen LogP) is 0.555. The van der Waals surface area contributed by atoms with Gasteiger partial charge in [0.05, 0.1) is 25.5 Å². The Bertz CT molecular complexity index is 630. The van der Waals surface area contributed by atoms with Crippen LogP contribution in [0.4, 0.5) is 10.2 Å². The lowest BCUT2D eigenvalue weighted by atomic mass is 10.3. The Kier molecular flexibility index (Phi) is 4.75. The number of aryl methyl sites for hydroxylation is 1. The summed E-state index contributed by atoms with van der Waals surface area (Å²) in [7, 11) is 1.30. The number of methoxy groups -OCH3 is 1. The average molecular weight is 294 g/mol. The molecule has 2 aromatic rings. The van der Waals surface area contributed by atoms with Crippen LogP contribution in [0.3, 0.4) is 0 Å². The number of nitrogens with one attached hydrogen (secondary N) is 1. The number of aromatic nitrogens is 5. The zero-order chi connectivity index (χ0) is 15.2. The average Bonchev–Trinajstić information content (AvgIpc) is 2.93. The predicted molar refractivity (Wildman–Crippen MR) is 70.7 cm³/mol. The van der Waals surface area contributed by atoms with Crippen molar-refractivity contribution in [2.24, 2.45) is 0 Å². The molecule has 9 heteroatoms. The van der Waals surface area contributed by atoms with Crippen molar-refractivity contribution in [3.63, 3.8) is 0 Å². The number of esters is 1. The second-order valence-electron chi connectivity index (χ2n) is 4.17. The number of nitrogens with zero attached hydrogens (tertiary/aromatic N) is 5. The fraction of sp³-hybridized carbons (Fsp3) is 0.417. The SMILES string of the molecule is CCc1ncnc(NCc2cn(CC(=O)OC)nn2)c1F. The Balaban J connectivity index is 1.99. The molecule has 0 unspecified atom stereocenters. The molecular weight excluding hydrogens is 279 g/mol. The second-order valence-corrected chi connectivity index (χ2v) is 4.17. The summed E-state index contributed by atoms with van der Waals surface area (Å²) < 4.78 is 19.8. The van der Waals surface area contributed by atoms with E-state index in [1.165, 1.54) is 18.1 Å². The van der Waals surface area contributed by atoms with Gasteiger partial charge in [0, 0.05) is 0 Å². The third kappa shape index (κ3) is 3.71. The second kappa shape index (κ2) is 6.73. The highest BCUT2D eigenvalue weighted by Crippen LogP contribution is 2.13. The molecule has 0 saturated heterocycles. The molecule has 0 aromatic carbocycles. The van der Waals surface area contributed by atoms with Crippen LogP contribution in [0.5, 0.6) is 0 Å². The van der Waals surface area contributed by atoms with Gasteiger partial charge in [0.15, 0.2) is 11.6 Å². The quantitative estimate of drug-likeness (QED) is 0.777. The van der Waals surface area contributed by atoms with E-state index in [-0.39, 0.29) is 18.9 Å². The minimum Gasteiger partial charge on any atom is -0.468 e. The van der Waals surface area contributed by atoms with Crippen molar-refractivity contribution in [1.82, 2.24) is 25.0 Å². The maximum absolute atomic E-state index is 13.9.